The van der Waals surface area contributed by atoms with E-state index in [4.69, 9.17) is 0 Å². The van der Waals surface area contributed by atoms with Crippen LogP contribution in [-0.2, 0) is 21.4 Å². The number of benzene rings is 1. The summed E-state index contributed by atoms with van der Waals surface area (Å²) in [4.78, 5) is 18.6. The van der Waals surface area contributed by atoms with Crippen LogP contribution in [0, 0.1) is 0 Å². The molecule has 3 rings (SSSR count). The van der Waals surface area contributed by atoms with Gasteiger partial charge in [-0.25, -0.2) is 8.42 Å². The van der Waals surface area contributed by atoms with Crippen molar-refractivity contribution in [2.45, 2.75) is 37.2 Å². The van der Waals surface area contributed by atoms with E-state index in [-0.39, 0.29) is 29.8 Å². The SMILES string of the molecule is CC[C@H]1CN(S(=O)(=O)c2cccnc2)CCC(=O)N1Cc1ccccc1. The predicted octanol–water partition coefficient (Wildman–Crippen LogP) is 2.28. The molecule has 1 aliphatic rings. The third-order valence-corrected chi connectivity index (χ3v) is 6.54. The van der Waals surface area contributed by atoms with Gasteiger partial charge in [0, 0.05) is 44.5 Å². The van der Waals surface area contributed by atoms with Crippen LogP contribution in [0.4, 0.5) is 0 Å². The third-order valence-electron chi connectivity index (χ3n) is 4.69. The van der Waals surface area contributed by atoms with Gasteiger partial charge in [0.2, 0.25) is 15.9 Å². The number of rotatable bonds is 5. The Labute approximate surface area is 154 Å². The van der Waals surface area contributed by atoms with Crippen molar-refractivity contribution in [1.29, 1.82) is 0 Å². The summed E-state index contributed by atoms with van der Waals surface area (Å²) in [5.41, 5.74) is 1.04. The highest BCUT2D eigenvalue weighted by Crippen LogP contribution is 2.22. The Bertz CT molecular complexity index is 841. The molecule has 0 N–H and O–H groups in total. The Kier molecular flexibility index (Phi) is 5.68. The van der Waals surface area contributed by atoms with Crippen molar-refractivity contribution in [3.8, 4) is 0 Å². The van der Waals surface area contributed by atoms with Gasteiger partial charge in [0.1, 0.15) is 4.90 Å². The van der Waals surface area contributed by atoms with Gasteiger partial charge in [0.25, 0.3) is 0 Å². The van der Waals surface area contributed by atoms with Gasteiger partial charge in [-0.3, -0.25) is 9.78 Å². The van der Waals surface area contributed by atoms with Gasteiger partial charge in [-0.05, 0) is 24.1 Å². The summed E-state index contributed by atoms with van der Waals surface area (Å²) >= 11 is 0. The highest BCUT2D eigenvalue weighted by Gasteiger charge is 2.34. The lowest BCUT2D eigenvalue weighted by molar-refractivity contribution is -0.133. The van der Waals surface area contributed by atoms with Crippen LogP contribution in [0.2, 0.25) is 0 Å². The Morgan fingerprint density at radius 3 is 2.58 bits per heavy atom. The van der Waals surface area contributed by atoms with Gasteiger partial charge >= 0.3 is 0 Å². The number of pyridine rings is 1. The number of sulfonamides is 1. The molecule has 1 fully saturated rings. The largest absolute Gasteiger partial charge is 0.334 e. The molecule has 138 valence electrons. The van der Waals surface area contributed by atoms with E-state index in [9.17, 15) is 13.2 Å². The molecule has 1 aromatic carbocycles. The molecule has 7 heteroatoms. The summed E-state index contributed by atoms with van der Waals surface area (Å²) < 4.78 is 27.3. The van der Waals surface area contributed by atoms with Gasteiger partial charge in [-0.2, -0.15) is 4.31 Å². The molecular weight excluding hydrogens is 350 g/mol. The lowest BCUT2D eigenvalue weighted by atomic mass is 10.1. The molecular formula is C19H23N3O3S. The molecule has 1 atom stereocenters. The monoisotopic (exact) mass is 373 g/mol. The van der Waals surface area contributed by atoms with Crippen LogP contribution in [-0.4, -0.2) is 47.6 Å². The molecule has 0 unspecified atom stereocenters. The number of hydrogen-bond donors (Lipinski definition) is 0. The van der Waals surface area contributed by atoms with Gasteiger partial charge < -0.3 is 4.90 Å². The van der Waals surface area contributed by atoms with Crippen LogP contribution in [0.5, 0.6) is 0 Å². The first-order chi connectivity index (χ1) is 12.5. The summed E-state index contributed by atoms with van der Waals surface area (Å²) in [5, 5.41) is 0. The van der Waals surface area contributed by atoms with E-state index in [2.05, 4.69) is 4.98 Å². The molecule has 6 nitrogen and oxygen atoms in total. The first-order valence-electron chi connectivity index (χ1n) is 8.76. The van der Waals surface area contributed by atoms with E-state index >= 15 is 0 Å². The maximum atomic E-state index is 12.9. The Balaban J connectivity index is 1.84. The average molecular weight is 373 g/mol. The van der Waals surface area contributed by atoms with E-state index in [0.717, 1.165) is 5.56 Å². The average Bonchev–Trinajstić information content (AvgIpc) is 2.83. The standard InChI is InChI=1S/C19H23N3O3S/c1-2-17-15-21(26(24,25)18-9-6-11-20-13-18)12-10-19(23)22(17)14-16-7-4-3-5-8-16/h3-9,11,13,17H,2,10,12,14-15H2,1H3/t17-/m0/s1. The Morgan fingerprint density at radius 1 is 1.15 bits per heavy atom. The van der Waals surface area contributed by atoms with E-state index in [0.29, 0.717) is 19.5 Å². The van der Waals surface area contributed by atoms with Crippen LogP contribution in [0.15, 0.2) is 59.8 Å². The number of hydrogen-bond acceptors (Lipinski definition) is 4. The Morgan fingerprint density at radius 2 is 1.92 bits per heavy atom. The van der Waals surface area contributed by atoms with E-state index in [1.165, 1.54) is 16.6 Å². The van der Waals surface area contributed by atoms with Crippen LogP contribution in [0.25, 0.3) is 0 Å². The molecule has 1 aliphatic heterocycles. The second-order valence-electron chi connectivity index (χ2n) is 6.37. The van der Waals surface area contributed by atoms with Crippen molar-refractivity contribution in [2.75, 3.05) is 13.1 Å². The number of amides is 1. The van der Waals surface area contributed by atoms with Gasteiger partial charge in [-0.15, -0.1) is 0 Å². The fourth-order valence-corrected chi connectivity index (χ4v) is 4.65. The van der Waals surface area contributed by atoms with Crippen LogP contribution in [0.1, 0.15) is 25.3 Å². The summed E-state index contributed by atoms with van der Waals surface area (Å²) in [6, 6.07) is 12.8. The molecule has 0 bridgehead atoms. The lowest BCUT2D eigenvalue weighted by Gasteiger charge is -2.31. The minimum atomic E-state index is -3.66. The second kappa shape index (κ2) is 7.97. The van der Waals surface area contributed by atoms with Gasteiger partial charge in [0.15, 0.2) is 0 Å². The zero-order valence-corrected chi connectivity index (χ0v) is 15.6. The minimum absolute atomic E-state index is 0.00964. The molecule has 1 amide bonds. The van der Waals surface area contributed by atoms with Crippen molar-refractivity contribution in [2.24, 2.45) is 0 Å². The first-order valence-corrected chi connectivity index (χ1v) is 10.2. The minimum Gasteiger partial charge on any atom is -0.334 e. The van der Waals surface area contributed by atoms with Crippen LogP contribution in [0.3, 0.4) is 0 Å². The molecule has 26 heavy (non-hydrogen) atoms. The molecule has 0 aliphatic carbocycles. The first kappa shape index (κ1) is 18.5. The fourth-order valence-electron chi connectivity index (χ4n) is 3.21. The molecule has 2 heterocycles. The Hall–Kier alpha value is -2.25. The topological polar surface area (TPSA) is 70.6 Å². The number of aromatic nitrogens is 1. The maximum Gasteiger partial charge on any atom is 0.244 e. The van der Waals surface area contributed by atoms with Gasteiger partial charge in [0.05, 0.1) is 0 Å². The highest BCUT2D eigenvalue weighted by atomic mass is 32.2. The lowest BCUT2D eigenvalue weighted by Crippen LogP contribution is -2.43. The molecule has 1 saturated heterocycles. The zero-order chi connectivity index (χ0) is 18.6. The zero-order valence-electron chi connectivity index (χ0n) is 14.8. The van der Waals surface area contributed by atoms with Crippen LogP contribution >= 0.6 is 0 Å². The van der Waals surface area contributed by atoms with Crippen molar-refractivity contribution >= 4 is 15.9 Å². The number of carbonyl (C=O) groups is 1. The molecule has 2 aromatic rings. The van der Waals surface area contributed by atoms with Crippen molar-refractivity contribution in [1.82, 2.24) is 14.2 Å². The van der Waals surface area contributed by atoms with E-state index < -0.39 is 10.0 Å². The summed E-state index contributed by atoms with van der Waals surface area (Å²) in [7, 11) is -3.66. The summed E-state index contributed by atoms with van der Waals surface area (Å²) in [5.74, 6) is -0.00964. The predicted molar refractivity (Wildman–Crippen MR) is 98.7 cm³/mol. The van der Waals surface area contributed by atoms with E-state index in [1.54, 1.807) is 12.3 Å². The second-order valence-corrected chi connectivity index (χ2v) is 8.31. The third kappa shape index (κ3) is 3.94. The van der Waals surface area contributed by atoms with Crippen molar-refractivity contribution < 1.29 is 13.2 Å². The summed E-state index contributed by atoms with van der Waals surface area (Å²) in [6.07, 6.45) is 3.77. The van der Waals surface area contributed by atoms with Crippen molar-refractivity contribution in [3.63, 3.8) is 0 Å². The summed E-state index contributed by atoms with van der Waals surface area (Å²) in [6.45, 7) is 2.97. The van der Waals surface area contributed by atoms with Gasteiger partial charge in [-0.1, -0.05) is 37.3 Å². The molecule has 0 spiro atoms. The maximum absolute atomic E-state index is 12.9. The fraction of sp³-hybridized carbons (Fsp3) is 0.368. The highest BCUT2D eigenvalue weighted by molar-refractivity contribution is 7.89. The smallest absolute Gasteiger partial charge is 0.244 e. The number of nitrogens with zero attached hydrogens (tertiary/aromatic N) is 3. The quantitative estimate of drug-likeness (QED) is 0.806. The normalized spacial score (nSPS) is 19.3. The van der Waals surface area contributed by atoms with Crippen molar-refractivity contribution in [3.05, 3.63) is 60.4 Å². The van der Waals surface area contributed by atoms with Crippen LogP contribution < -0.4 is 0 Å². The molecule has 1 aromatic heterocycles. The number of carbonyl (C=O) groups excluding carboxylic acids is 1. The molecule has 0 radical (unpaired) electrons. The molecule has 0 saturated carbocycles. The van der Waals surface area contributed by atoms with E-state index in [1.807, 2.05) is 42.2 Å².